The Labute approximate surface area is 129 Å². The van der Waals surface area contributed by atoms with Gasteiger partial charge in [0.05, 0.1) is 0 Å². The fourth-order valence-corrected chi connectivity index (χ4v) is 3.75. The van der Waals surface area contributed by atoms with Gasteiger partial charge in [-0.05, 0) is 50.1 Å². The first-order chi connectivity index (χ1) is 9.91. The Kier molecular flexibility index (Phi) is 5.26. The van der Waals surface area contributed by atoms with Crippen LogP contribution >= 0.6 is 0 Å². The monoisotopic (exact) mass is 290 g/mol. The normalized spacial score (nSPS) is 26.3. The molecule has 0 bridgehead atoms. The standard InChI is InChI=1S/C18H30N2O/c1-6-19-14(3)16-8-7-9-20-17(16)21-15-10-13(2)11-18(4,5)12-15/h7-9,13-15,19H,6,10-12H2,1-5H3. The molecule has 1 fully saturated rings. The van der Waals surface area contributed by atoms with Crippen molar-refractivity contribution in [3.05, 3.63) is 23.9 Å². The topological polar surface area (TPSA) is 34.2 Å². The SMILES string of the molecule is CCNC(C)c1cccnc1OC1CC(C)CC(C)(C)C1. The molecule has 3 atom stereocenters. The van der Waals surface area contributed by atoms with Crippen molar-refractivity contribution in [2.45, 2.75) is 66.0 Å². The second-order valence-electron chi connectivity index (χ2n) is 7.33. The van der Waals surface area contributed by atoms with E-state index in [0.717, 1.165) is 36.7 Å². The molecule has 1 heterocycles. The minimum Gasteiger partial charge on any atom is -0.474 e. The van der Waals surface area contributed by atoms with Crippen LogP contribution in [0.15, 0.2) is 18.3 Å². The van der Waals surface area contributed by atoms with Crippen LogP contribution in [-0.4, -0.2) is 17.6 Å². The summed E-state index contributed by atoms with van der Waals surface area (Å²) < 4.78 is 6.31. The third kappa shape index (κ3) is 4.44. The van der Waals surface area contributed by atoms with Crippen LogP contribution < -0.4 is 10.1 Å². The lowest BCUT2D eigenvalue weighted by atomic mass is 9.71. The van der Waals surface area contributed by atoms with E-state index < -0.39 is 0 Å². The number of hydrogen-bond acceptors (Lipinski definition) is 3. The van der Waals surface area contributed by atoms with Gasteiger partial charge >= 0.3 is 0 Å². The van der Waals surface area contributed by atoms with E-state index in [1.807, 2.05) is 12.3 Å². The highest BCUT2D eigenvalue weighted by molar-refractivity contribution is 5.28. The molecule has 3 heteroatoms. The van der Waals surface area contributed by atoms with Crippen molar-refractivity contribution in [2.75, 3.05) is 6.54 Å². The minimum atomic E-state index is 0.271. The average molecular weight is 290 g/mol. The Balaban J connectivity index is 2.12. The number of nitrogens with zero attached hydrogens (tertiary/aromatic N) is 1. The smallest absolute Gasteiger partial charge is 0.218 e. The first-order valence-electron chi connectivity index (χ1n) is 8.26. The fraction of sp³-hybridized carbons (Fsp3) is 0.722. The number of pyridine rings is 1. The van der Waals surface area contributed by atoms with E-state index >= 15 is 0 Å². The molecular weight excluding hydrogens is 260 g/mol. The van der Waals surface area contributed by atoms with E-state index in [1.165, 1.54) is 6.42 Å². The number of hydrogen-bond donors (Lipinski definition) is 1. The molecule has 1 aromatic rings. The van der Waals surface area contributed by atoms with Crippen LogP contribution in [-0.2, 0) is 0 Å². The molecule has 1 N–H and O–H groups in total. The van der Waals surface area contributed by atoms with Gasteiger partial charge < -0.3 is 10.1 Å². The van der Waals surface area contributed by atoms with E-state index in [-0.39, 0.29) is 12.1 Å². The molecular formula is C18H30N2O. The Bertz CT molecular complexity index is 458. The van der Waals surface area contributed by atoms with Crippen LogP contribution in [0.5, 0.6) is 5.88 Å². The van der Waals surface area contributed by atoms with Crippen LogP contribution in [0, 0.1) is 11.3 Å². The maximum atomic E-state index is 6.31. The van der Waals surface area contributed by atoms with Crippen molar-refractivity contribution in [2.24, 2.45) is 11.3 Å². The Morgan fingerprint density at radius 3 is 2.86 bits per heavy atom. The van der Waals surface area contributed by atoms with Crippen LogP contribution in [0.4, 0.5) is 0 Å². The predicted octanol–water partition coefficient (Wildman–Crippen LogP) is 4.35. The summed E-state index contributed by atoms with van der Waals surface area (Å²) in [5.41, 5.74) is 1.53. The first-order valence-corrected chi connectivity index (χ1v) is 8.26. The van der Waals surface area contributed by atoms with Crippen LogP contribution in [0.25, 0.3) is 0 Å². The summed E-state index contributed by atoms with van der Waals surface area (Å²) in [4.78, 5) is 4.49. The summed E-state index contributed by atoms with van der Waals surface area (Å²) in [6.07, 6.45) is 5.65. The van der Waals surface area contributed by atoms with Gasteiger partial charge in [0.2, 0.25) is 5.88 Å². The number of aromatic nitrogens is 1. The van der Waals surface area contributed by atoms with E-state index in [2.05, 4.69) is 51.0 Å². The second-order valence-corrected chi connectivity index (χ2v) is 7.33. The maximum absolute atomic E-state index is 6.31. The van der Waals surface area contributed by atoms with E-state index in [9.17, 15) is 0 Å². The Morgan fingerprint density at radius 2 is 2.19 bits per heavy atom. The molecule has 1 aliphatic carbocycles. The zero-order chi connectivity index (χ0) is 15.5. The fourth-order valence-electron chi connectivity index (χ4n) is 3.75. The van der Waals surface area contributed by atoms with Crippen molar-refractivity contribution in [3.8, 4) is 5.88 Å². The van der Waals surface area contributed by atoms with Gasteiger partial charge in [-0.2, -0.15) is 0 Å². The molecule has 0 saturated heterocycles. The molecule has 1 aliphatic rings. The highest BCUT2D eigenvalue weighted by Crippen LogP contribution is 2.40. The molecule has 0 spiro atoms. The lowest BCUT2D eigenvalue weighted by Crippen LogP contribution is -2.34. The molecule has 118 valence electrons. The van der Waals surface area contributed by atoms with Gasteiger partial charge in [0.25, 0.3) is 0 Å². The van der Waals surface area contributed by atoms with Crippen LogP contribution in [0.3, 0.4) is 0 Å². The second kappa shape index (κ2) is 6.78. The summed E-state index contributed by atoms with van der Waals surface area (Å²) in [5.74, 6) is 1.53. The summed E-state index contributed by atoms with van der Waals surface area (Å²) in [5, 5.41) is 3.44. The van der Waals surface area contributed by atoms with Crippen molar-refractivity contribution in [1.29, 1.82) is 0 Å². The quantitative estimate of drug-likeness (QED) is 0.875. The molecule has 1 saturated carbocycles. The predicted molar refractivity (Wildman–Crippen MR) is 87.5 cm³/mol. The molecule has 0 aliphatic heterocycles. The summed E-state index contributed by atoms with van der Waals surface area (Å²) in [7, 11) is 0. The third-order valence-corrected chi connectivity index (χ3v) is 4.40. The number of nitrogens with one attached hydrogen (secondary N) is 1. The molecule has 0 aromatic carbocycles. The molecule has 3 nitrogen and oxygen atoms in total. The maximum Gasteiger partial charge on any atom is 0.218 e. The number of ether oxygens (including phenoxy) is 1. The van der Waals surface area contributed by atoms with Gasteiger partial charge in [-0.15, -0.1) is 0 Å². The van der Waals surface area contributed by atoms with E-state index in [1.54, 1.807) is 0 Å². The summed E-state index contributed by atoms with van der Waals surface area (Å²) >= 11 is 0. The molecule has 21 heavy (non-hydrogen) atoms. The van der Waals surface area contributed by atoms with Crippen molar-refractivity contribution < 1.29 is 4.74 Å². The zero-order valence-electron chi connectivity index (χ0n) is 14.1. The number of rotatable bonds is 5. The molecule has 0 radical (unpaired) electrons. The van der Waals surface area contributed by atoms with Crippen LogP contribution in [0.1, 0.15) is 65.5 Å². The average Bonchev–Trinajstić information content (AvgIpc) is 2.37. The largest absolute Gasteiger partial charge is 0.474 e. The minimum absolute atomic E-state index is 0.271. The van der Waals surface area contributed by atoms with E-state index in [4.69, 9.17) is 4.74 Å². The van der Waals surface area contributed by atoms with E-state index in [0.29, 0.717) is 5.41 Å². The van der Waals surface area contributed by atoms with Crippen LogP contribution in [0.2, 0.25) is 0 Å². The summed E-state index contributed by atoms with van der Waals surface area (Å²) in [6, 6.07) is 4.38. The Morgan fingerprint density at radius 1 is 1.43 bits per heavy atom. The van der Waals surface area contributed by atoms with Gasteiger partial charge in [-0.3, -0.25) is 0 Å². The highest BCUT2D eigenvalue weighted by Gasteiger charge is 2.33. The summed E-state index contributed by atoms with van der Waals surface area (Å²) in [6.45, 7) is 12.3. The first kappa shape index (κ1) is 16.3. The third-order valence-electron chi connectivity index (χ3n) is 4.40. The van der Waals surface area contributed by atoms with Crippen molar-refractivity contribution >= 4 is 0 Å². The molecule has 1 aromatic heterocycles. The molecule has 3 unspecified atom stereocenters. The zero-order valence-corrected chi connectivity index (χ0v) is 14.1. The lowest BCUT2D eigenvalue weighted by Gasteiger charge is -2.38. The van der Waals surface area contributed by atoms with Gasteiger partial charge in [0.15, 0.2) is 0 Å². The van der Waals surface area contributed by atoms with Gasteiger partial charge in [0, 0.05) is 17.8 Å². The van der Waals surface area contributed by atoms with Gasteiger partial charge in [-0.25, -0.2) is 4.98 Å². The highest BCUT2D eigenvalue weighted by atomic mass is 16.5. The van der Waals surface area contributed by atoms with Crippen molar-refractivity contribution in [1.82, 2.24) is 10.3 Å². The molecule has 2 rings (SSSR count). The van der Waals surface area contributed by atoms with Crippen molar-refractivity contribution in [3.63, 3.8) is 0 Å². The van der Waals surface area contributed by atoms with Gasteiger partial charge in [-0.1, -0.05) is 33.8 Å². The molecule has 0 amide bonds. The lowest BCUT2D eigenvalue weighted by molar-refractivity contribution is 0.0522. The van der Waals surface area contributed by atoms with Gasteiger partial charge in [0.1, 0.15) is 6.10 Å². The Hall–Kier alpha value is -1.09.